The van der Waals surface area contributed by atoms with Crippen molar-refractivity contribution in [1.29, 1.82) is 0 Å². The number of carbonyl (C=O) groups is 1. The lowest BCUT2D eigenvalue weighted by Gasteiger charge is -2.24. The Labute approximate surface area is 155 Å². The monoisotopic (exact) mass is 402 g/mol. The first kappa shape index (κ1) is 20.3. The number of hydrogen-bond acceptors (Lipinski definition) is 4. The van der Waals surface area contributed by atoms with Crippen molar-refractivity contribution >= 4 is 27.4 Å². The number of carbonyl (C=O) groups excluding carboxylic acids is 1. The van der Waals surface area contributed by atoms with E-state index in [0.717, 1.165) is 18.2 Å². The van der Waals surface area contributed by atoms with Crippen molar-refractivity contribution in [2.24, 2.45) is 5.92 Å². The molecule has 2 aromatic rings. The van der Waals surface area contributed by atoms with Crippen LogP contribution in [0.4, 0.5) is 8.78 Å². The molecule has 0 spiro atoms. The summed E-state index contributed by atoms with van der Waals surface area (Å²) in [5, 5.41) is -1.14. The van der Waals surface area contributed by atoms with Crippen LogP contribution in [-0.4, -0.2) is 21.5 Å². The highest BCUT2D eigenvalue weighted by Gasteiger charge is 2.37. The molecule has 0 aromatic heterocycles. The van der Waals surface area contributed by atoms with Crippen molar-refractivity contribution in [1.82, 2.24) is 0 Å². The van der Waals surface area contributed by atoms with Gasteiger partial charge in [-0.05, 0) is 48.4 Å². The van der Waals surface area contributed by atoms with Crippen LogP contribution in [0.3, 0.4) is 0 Å². The minimum Gasteiger partial charge on any atom is -0.469 e. The van der Waals surface area contributed by atoms with E-state index in [1.165, 1.54) is 38.3 Å². The quantitative estimate of drug-likeness (QED) is 0.674. The van der Waals surface area contributed by atoms with Gasteiger partial charge in [0.25, 0.3) is 0 Å². The van der Waals surface area contributed by atoms with Crippen molar-refractivity contribution in [3.8, 4) is 0 Å². The Morgan fingerprint density at radius 3 is 2.35 bits per heavy atom. The molecule has 4 nitrogen and oxygen atoms in total. The van der Waals surface area contributed by atoms with Crippen LogP contribution in [0.2, 0.25) is 5.02 Å². The maximum absolute atomic E-state index is 14.3. The van der Waals surface area contributed by atoms with Crippen LogP contribution in [0.25, 0.3) is 0 Å². The zero-order valence-corrected chi connectivity index (χ0v) is 15.7. The van der Waals surface area contributed by atoms with E-state index in [1.807, 2.05) is 0 Å². The molecule has 0 fully saturated rings. The first-order chi connectivity index (χ1) is 12.2. The second-order valence-corrected chi connectivity index (χ2v) is 8.35. The van der Waals surface area contributed by atoms with Gasteiger partial charge in [-0.1, -0.05) is 18.5 Å². The highest BCUT2D eigenvalue weighted by atomic mass is 35.5. The Kier molecular flexibility index (Phi) is 6.36. The van der Waals surface area contributed by atoms with Crippen LogP contribution in [0, 0.1) is 17.6 Å². The fourth-order valence-corrected chi connectivity index (χ4v) is 4.89. The molecule has 0 N–H and O–H groups in total. The molecule has 2 aromatic carbocycles. The first-order valence-corrected chi connectivity index (χ1v) is 9.60. The van der Waals surface area contributed by atoms with E-state index >= 15 is 0 Å². The van der Waals surface area contributed by atoms with Gasteiger partial charge >= 0.3 is 5.97 Å². The van der Waals surface area contributed by atoms with Gasteiger partial charge in [-0.25, -0.2) is 17.2 Å². The minimum absolute atomic E-state index is 0.104. The number of benzene rings is 2. The Morgan fingerprint density at radius 2 is 1.77 bits per heavy atom. The average Bonchev–Trinajstić information content (AvgIpc) is 2.58. The summed E-state index contributed by atoms with van der Waals surface area (Å²) in [7, 11) is -2.97. The van der Waals surface area contributed by atoms with Crippen molar-refractivity contribution in [3.63, 3.8) is 0 Å². The summed E-state index contributed by atoms with van der Waals surface area (Å²) in [6.07, 6.45) is -0.274. The lowest BCUT2D eigenvalue weighted by molar-refractivity contribution is -0.141. The van der Waals surface area contributed by atoms with Gasteiger partial charge in [0.05, 0.1) is 17.3 Å². The molecule has 26 heavy (non-hydrogen) atoms. The van der Waals surface area contributed by atoms with Crippen molar-refractivity contribution in [3.05, 3.63) is 64.7 Å². The van der Waals surface area contributed by atoms with Crippen LogP contribution in [0.5, 0.6) is 0 Å². The first-order valence-electron chi connectivity index (χ1n) is 7.68. The summed E-state index contributed by atoms with van der Waals surface area (Å²) >= 11 is 5.79. The third-order valence-corrected chi connectivity index (χ3v) is 6.54. The number of esters is 1. The van der Waals surface area contributed by atoms with Crippen molar-refractivity contribution in [2.45, 2.75) is 23.5 Å². The Balaban J connectivity index is 2.61. The molecule has 0 aliphatic heterocycles. The predicted octanol–water partition coefficient (Wildman–Crippen LogP) is 4.33. The topological polar surface area (TPSA) is 60.4 Å². The zero-order valence-electron chi connectivity index (χ0n) is 14.1. The molecular formula is C18H17ClF2O4S. The predicted molar refractivity (Wildman–Crippen MR) is 93.5 cm³/mol. The maximum Gasteiger partial charge on any atom is 0.305 e. The average molecular weight is 403 g/mol. The highest BCUT2D eigenvalue weighted by Crippen LogP contribution is 2.38. The SMILES string of the molecule is COC(=O)CC(C)C(c1cc(F)ccc1F)S(=O)(=O)c1ccc(Cl)cc1. The van der Waals surface area contributed by atoms with E-state index in [2.05, 4.69) is 4.74 Å². The number of rotatable bonds is 6. The van der Waals surface area contributed by atoms with E-state index < -0.39 is 38.6 Å². The molecule has 0 bridgehead atoms. The molecular weight excluding hydrogens is 386 g/mol. The molecule has 2 atom stereocenters. The fraction of sp³-hybridized carbons (Fsp3) is 0.278. The summed E-state index contributed by atoms with van der Waals surface area (Å²) in [6, 6.07) is 7.94. The van der Waals surface area contributed by atoms with Gasteiger partial charge in [0.15, 0.2) is 9.84 Å². The van der Waals surface area contributed by atoms with Crippen molar-refractivity contribution < 1.29 is 26.7 Å². The Morgan fingerprint density at radius 1 is 1.15 bits per heavy atom. The standard InChI is InChI=1S/C18H17ClF2O4S/c1-11(9-17(22)25-2)18(15-10-13(20)5-8-16(15)21)26(23,24)14-6-3-12(19)4-7-14/h3-8,10-11,18H,9H2,1-2H3. The second kappa shape index (κ2) is 8.14. The van der Waals surface area contributed by atoms with Crippen LogP contribution in [0.15, 0.2) is 47.4 Å². The molecule has 140 valence electrons. The number of hydrogen-bond donors (Lipinski definition) is 0. The van der Waals surface area contributed by atoms with Gasteiger partial charge in [-0.3, -0.25) is 4.79 Å². The molecule has 0 amide bonds. The second-order valence-electron chi connectivity index (χ2n) is 5.84. The smallest absolute Gasteiger partial charge is 0.305 e. The third kappa shape index (κ3) is 4.40. The van der Waals surface area contributed by atoms with Crippen LogP contribution in [-0.2, 0) is 19.4 Å². The zero-order chi connectivity index (χ0) is 19.5. The third-order valence-electron chi connectivity index (χ3n) is 3.97. The molecule has 8 heteroatoms. The summed E-state index contributed by atoms with van der Waals surface area (Å²) in [6.45, 7) is 1.47. The van der Waals surface area contributed by atoms with E-state index in [1.54, 1.807) is 0 Å². The molecule has 0 heterocycles. The lowest BCUT2D eigenvalue weighted by Crippen LogP contribution is -2.24. The van der Waals surface area contributed by atoms with Crippen molar-refractivity contribution in [2.75, 3.05) is 7.11 Å². The highest BCUT2D eigenvalue weighted by molar-refractivity contribution is 7.91. The lowest BCUT2D eigenvalue weighted by atomic mass is 9.97. The summed E-state index contributed by atoms with van der Waals surface area (Å²) in [5.74, 6) is -3.15. The Hall–Kier alpha value is -1.99. The summed E-state index contributed by atoms with van der Waals surface area (Å²) in [4.78, 5) is 11.5. The summed E-state index contributed by atoms with van der Waals surface area (Å²) < 4.78 is 58.9. The molecule has 0 aliphatic carbocycles. The normalized spacial score (nSPS) is 13.9. The molecule has 0 saturated heterocycles. The maximum atomic E-state index is 14.3. The van der Waals surface area contributed by atoms with Gasteiger partial charge < -0.3 is 4.74 Å². The van der Waals surface area contributed by atoms with Gasteiger partial charge in [-0.2, -0.15) is 0 Å². The molecule has 0 saturated carbocycles. The van der Waals surface area contributed by atoms with Gasteiger partial charge in [0.1, 0.15) is 11.6 Å². The van der Waals surface area contributed by atoms with Crippen LogP contribution in [0.1, 0.15) is 24.2 Å². The number of methoxy groups -OCH3 is 1. The number of ether oxygens (including phenoxy) is 1. The molecule has 2 rings (SSSR count). The van der Waals surface area contributed by atoms with Crippen LogP contribution < -0.4 is 0 Å². The molecule has 2 unspecified atom stereocenters. The Bertz CT molecular complexity index is 898. The van der Waals surface area contributed by atoms with Gasteiger partial charge in [0, 0.05) is 17.0 Å². The fourth-order valence-electron chi connectivity index (χ4n) is 2.74. The van der Waals surface area contributed by atoms with E-state index in [4.69, 9.17) is 11.6 Å². The van der Waals surface area contributed by atoms with E-state index in [0.29, 0.717) is 5.02 Å². The molecule has 0 radical (unpaired) electrons. The van der Waals surface area contributed by atoms with E-state index in [-0.39, 0.29) is 16.9 Å². The van der Waals surface area contributed by atoms with Gasteiger partial charge in [0.2, 0.25) is 0 Å². The molecule has 0 aliphatic rings. The van der Waals surface area contributed by atoms with Gasteiger partial charge in [-0.15, -0.1) is 0 Å². The summed E-state index contributed by atoms with van der Waals surface area (Å²) in [5.41, 5.74) is -0.337. The minimum atomic E-state index is -4.14. The van der Waals surface area contributed by atoms with E-state index in [9.17, 15) is 22.0 Å². The van der Waals surface area contributed by atoms with Crippen LogP contribution >= 0.6 is 11.6 Å². The largest absolute Gasteiger partial charge is 0.469 e. The number of sulfone groups is 1. The number of halogens is 3.